The van der Waals surface area contributed by atoms with Gasteiger partial charge >= 0.3 is 11.8 Å². The lowest BCUT2D eigenvalue weighted by molar-refractivity contribution is -0.137. The van der Waals surface area contributed by atoms with Crippen LogP contribution >= 0.6 is 0 Å². The minimum atomic E-state index is -0.986. The second-order valence-electron chi connectivity index (χ2n) is 2.05. The number of nitrogens with one attached hydrogen (secondary N) is 1. The Bertz CT molecular complexity index is 144. The predicted octanol–water partition coefficient (Wildman–Crippen LogP) is -2.06. The number of carbonyl (C=O) groups excluding carboxylic acids is 2. The summed E-state index contributed by atoms with van der Waals surface area (Å²) < 4.78 is 0. The van der Waals surface area contributed by atoms with E-state index in [-0.39, 0.29) is 12.6 Å². The first kappa shape index (κ1) is 8.90. The maximum atomic E-state index is 10.4. The molecule has 0 radical (unpaired) electrons. The molecule has 5 N–H and O–H groups in total. The zero-order valence-corrected chi connectivity index (χ0v) is 5.76. The summed E-state index contributed by atoms with van der Waals surface area (Å²) in [6.07, 6.45) is 0. The fourth-order valence-corrected chi connectivity index (χ4v) is 0.341. The normalized spacial score (nSPS) is 12.2. The van der Waals surface area contributed by atoms with E-state index in [1.807, 2.05) is 0 Å². The fraction of sp³-hybridized carbons (Fsp3) is 0.600. The molecule has 1 atom stereocenters. The third-order valence-electron chi connectivity index (χ3n) is 0.808. The number of carbonyl (C=O) groups is 2. The molecule has 0 rings (SSSR count). The molecule has 0 heterocycles. The van der Waals surface area contributed by atoms with Crippen LogP contribution in [0.5, 0.6) is 0 Å². The van der Waals surface area contributed by atoms with Gasteiger partial charge in [0.25, 0.3) is 0 Å². The number of hydrogen-bond acceptors (Lipinski definition) is 3. The Kier molecular flexibility index (Phi) is 3.42. The van der Waals surface area contributed by atoms with Crippen molar-refractivity contribution in [1.82, 2.24) is 5.32 Å². The molecule has 0 spiro atoms. The molecule has 0 saturated carbocycles. The third kappa shape index (κ3) is 3.85. The third-order valence-corrected chi connectivity index (χ3v) is 0.808. The van der Waals surface area contributed by atoms with Crippen molar-refractivity contribution in [2.45, 2.75) is 13.0 Å². The van der Waals surface area contributed by atoms with Gasteiger partial charge in [-0.15, -0.1) is 0 Å². The molecule has 58 valence electrons. The van der Waals surface area contributed by atoms with Crippen LogP contribution < -0.4 is 16.8 Å². The van der Waals surface area contributed by atoms with Gasteiger partial charge in [-0.2, -0.15) is 0 Å². The molecule has 0 bridgehead atoms. The first-order chi connectivity index (χ1) is 4.54. The predicted molar refractivity (Wildman–Crippen MR) is 35.9 cm³/mol. The molecule has 10 heavy (non-hydrogen) atoms. The summed E-state index contributed by atoms with van der Waals surface area (Å²) in [5.74, 6) is -1.78. The monoisotopic (exact) mass is 145 g/mol. The van der Waals surface area contributed by atoms with Gasteiger partial charge in [0.2, 0.25) is 0 Å². The Hall–Kier alpha value is -1.10. The molecule has 0 aliphatic carbocycles. The van der Waals surface area contributed by atoms with Gasteiger partial charge in [-0.05, 0) is 6.92 Å². The summed E-state index contributed by atoms with van der Waals surface area (Å²) in [7, 11) is 0. The second kappa shape index (κ2) is 3.84. The maximum Gasteiger partial charge on any atom is 0.309 e. The summed E-state index contributed by atoms with van der Waals surface area (Å²) in [6.45, 7) is 1.98. The van der Waals surface area contributed by atoms with Crippen molar-refractivity contribution in [2.75, 3.05) is 6.54 Å². The van der Waals surface area contributed by atoms with E-state index >= 15 is 0 Å². The molecule has 2 amide bonds. The van der Waals surface area contributed by atoms with Crippen LogP contribution in [0.15, 0.2) is 0 Å². The molecule has 5 heteroatoms. The minimum Gasteiger partial charge on any atom is -0.361 e. The van der Waals surface area contributed by atoms with E-state index in [1.165, 1.54) is 0 Å². The minimum absolute atomic E-state index is 0.164. The number of hydrogen-bond donors (Lipinski definition) is 3. The van der Waals surface area contributed by atoms with Crippen LogP contribution in [-0.2, 0) is 9.59 Å². The number of nitrogens with two attached hydrogens (primary N) is 2. The van der Waals surface area contributed by atoms with Crippen molar-refractivity contribution in [1.29, 1.82) is 0 Å². The van der Waals surface area contributed by atoms with E-state index in [4.69, 9.17) is 5.73 Å². The average molecular weight is 145 g/mol. The van der Waals surface area contributed by atoms with Gasteiger partial charge in [0.1, 0.15) is 0 Å². The van der Waals surface area contributed by atoms with Crippen molar-refractivity contribution in [3.8, 4) is 0 Å². The SMILES string of the molecule is CC(N)CNC(=O)C(N)=O. The van der Waals surface area contributed by atoms with Gasteiger partial charge in [-0.25, -0.2) is 0 Å². The van der Waals surface area contributed by atoms with Gasteiger partial charge in [0.05, 0.1) is 0 Å². The number of amides is 2. The van der Waals surface area contributed by atoms with Crippen molar-refractivity contribution in [3.63, 3.8) is 0 Å². The van der Waals surface area contributed by atoms with Crippen LogP contribution in [0.2, 0.25) is 0 Å². The van der Waals surface area contributed by atoms with E-state index in [0.29, 0.717) is 0 Å². The Morgan fingerprint density at radius 2 is 2.10 bits per heavy atom. The van der Waals surface area contributed by atoms with Crippen molar-refractivity contribution in [3.05, 3.63) is 0 Å². The lowest BCUT2D eigenvalue weighted by Crippen LogP contribution is -2.41. The van der Waals surface area contributed by atoms with E-state index in [2.05, 4.69) is 11.1 Å². The van der Waals surface area contributed by atoms with Gasteiger partial charge in [-0.3, -0.25) is 9.59 Å². The van der Waals surface area contributed by atoms with E-state index in [1.54, 1.807) is 6.92 Å². The van der Waals surface area contributed by atoms with E-state index in [0.717, 1.165) is 0 Å². The molecule has 0 aromatic heterocycles. The standard InChI is InChI=1S/C5H11N3O2/c1-3(6)2-8-5(10)4(7)9/h3H,2,6H2,1H3,(H2,7,9)(H,8,10). The molecule has 0 aromatic carbocycles. The van der Waals surface area contributed by atoms with Crippen LogP contribution in [0.4, 0.5) is 0 Å². The Morgan fingerprint density at radius 1 is 1.60 bits per heavy atom. The van der Waals surface area contributed by atoms with Gasteiger partial charge < -0.3 is 16.8 Å². The first-order valence-corrected chi connectivity index (χ1v) is 2.87. The highest BCUT2D eigenvalue weighted by atomic mass is 16.2. The lowest BCUT2D eigenvalue weighted by atomic mass is 10.3. The number of rotatable bonds is 2. The van der Waals surface area contributed by atoms with Gasteiger partial charge in [-0.1, -0.05) is 0 Å². The van der Waals surface area contributed by atoms with Crippen LogP contribution in [0.25, 0.3) is 0 Å². The highest BCUT2D eigenvalue weighted by Gasteiger charge is 2.07. The Balaban J connectivity index is 3.50. The first-order valence-electron chi connectivity index (χ1n) is 2.87. The molecule has 0 aliphatic rings. The summed E-state index contributed by atoms with van der Waals surface area (Å²) in [6, 6.07) is -0.164. The van der Waals surface area contributed by atoms with Crippen molar-refractivity contribution in [2.24, 2.45) is 11.5 Å². The summed E-state index contributed by atoms with van der Waals surface area (Å²) >= 11 is 0. The highest BCUT2D eigenvalue weighted by Crippen LogP contribution is 1.69. The van der Waals surface area contributed by atoms with Crippen molar-refractivity contribution >= 4 is 11.8 Å². The van der Waals surface area contributed by atoms with Crippen LogP contribution in [0.3, 0.4) is 0 Å². The fourth-order valence-electron chi connectivity index (χ4n) is 0.341. The zero-order chi connectivity index (χ0) is 8.15. The molecule has 5 nitrogen and oxygen atoms in total. The summed E-state index contributed by atoms with van der Waals surface area (Å²) in [5.41, 5.74) is 9.90. The molecule has 0 aromatic rings. The van der Waals surface area contributed by atoms with Gasteiger partial charge in [0.15, 0.2) is 0 Å². The molecule has 1 unspecified atom stereocenters. The molecular formula is C5H11N3O2. The Labute approximate surface area is 58.8 Å². The molecule has 0 fully saturated rings. The largest absolute Gasteiger partial charge is 0.361 e. The van der Waals surface area contributed by atoms with Crippen molar-refractivity contribution < 1.29 is 9.59 Å². The highest BCUT2D eigenvalue weighted by molar-refractivity contribution is 6.34. The molecule has 0 saturated heterocycles. The Morgan fingerprint density at radius 3 is 2.40 bits per heavy atom. The van der Waals surface area contributed by atoms with E-state index in [9.17, 15) is 9.59 Å². The second-order valence-corrected chi connectivity index (χ2v) is 2.05. The summed E-state index contributed by atoms with van der Waals surface area (Å²) in [5, 5.41) is 2.24. The lowest BCUT2D eigenvalue weighted by Gasteiger charge is -2.04. The average Bonchev–Trinajstić information content (AvgIpc) is 1.82. The van der Waals surface area contributed by atoms with Gasteiger partial charge in [0, 0.05) is 12.6 Å². The molecular weight excluding hydrogens is 134 g/mol. The van der Waals surface area contributed by atoms with Crippen LogP contribution in [0, 0.1) is 0 Å². The topological polar surface area (TPSA) is 98.2 Å². The zero-order valence-electron chi connectivity index (χ0n) is 5.76. The smallest absolute Gasteiger partial charge is 0.309 e. The number of primary amides is 1. The van der Waals surface area contributed by atoms with E-state index < -0.39 is 11.8 Å². The molecule has 0 aliphatic heterocycles. The maximum absolute atomic E-state index is 10.4. The van der Waals surface area contributed by atoms with Crippen LogP contribution in [-0.4, -0.2) is 24.4 Å². The summed E-state index contributed by atoms with van der Waals surface area (Å²) in [4.78, 5) is 20.5. The van der Waals surface area contributed by atoms with Crippen LogP contribution in [0.1, 0.15) is 6.92 Å². The quantitative estimate of drug-likeness (QED) is 0.389.